The van der Waals surface area contributed by atoms with Crippen molar-refractivity contribution >= 4 is 17.7 Å². The van der Waals surface area contributed by atoms with Crippen LogP contribution in [0.3, 0.4) is 0 Å². The Kier molecular flexibility index (Phi) is 5.44. The second-order valence-electron chi connectivity index (χ2n) is 10.8. The average molecular weight is 392 g/mol. The Hall–Kier alpha value is -1.39. The molecule has 0 spiro atoms. The van der Waals surface area contributed by atoms with E-state index in [9.17, 15) is 9.59 Å². The summed E-state index contributed by atoms with van der Waals surface area (Å²) in [5.41, 5.74) is 0.798. The average Bonchev–Trinajstić information content (AvgIpc) is 3.20. The Bertz CT molecular complexity index is 675. The van der Waals surface area contributed by atoms with Crippen molar-refractivity contribution in [1.29, 1.82) is 0 Å². The lowest BCUT2D eigenvalue weighted by molar-refractivity contribution is -0.159. The molecule has 0 radical (unpaired) electrons. The topological polar surface area (TPSA) is 65.0 Å². The minimum Gasteiger partial charge on any atom is -0.469 e. The number of aliphatic imine (C=N–C) groups is 1. The number of esters is 2. The first kappa shape index (κ1) is 21.3. The van der Waals surface area contributed by atoms with E-state index in [4.69, 9.17) is 14.5 Å². The molecule has 28 heavy (non-hydrogen) atoms. The molecule has 5 nitrogen and oxygen atoms in total. The van der Waals surface area contributed by atoms with Crippen molar-refractivity contribution in [2.24, 2.45) is 33.6 Å². The van der Waals surface area contributed by atoms with Crippen molar-refractivity contribution in [3.63, 3.8) is 0 Å². The molecule has 5 unspecified atom stereocenters. The van der Waals surface area contributed by atoms with Gasteiger partial charge < -0.3 is 9.47 Å². The van der Waals surface area contributed by atoms with Crippen LogP contribution in [-0.2, 0) is 19.1 Å². The summed E-state index contributed by atoms with van der Waals surface area (Å²) in [5.74, 6) is -0.317. The van der Waals surface area contributed by atoms with Crippen LogP contribution in [0, 0.1) is 28.6 Å². The van der Waals surface area contributed by atoms with Gasteiger partial charge in [-0.25, -0.2) is 4.79 Å². The van der Waals surface area contributed by atoms with Crippen LogP contribution >= 0.6 is 0 Å². The van der Waals surface area contributed by atoms with E-state index in [-0.39, 0.29) is 34.6 Å². The predicted molar refractivity (Wildman–Crippen MR) is 109 cm³/mol. The van der Waals surface area contributed by atoms with Gasteiger partial charge in [-0.3, -0.25) is 9.79 Å². The first-order chi connectivity index (χ1) is 12.9. The van der Waals surface area contributed by atoms with Gasteiger partial charge in [0.15, 0.2) is 6.04 Å². The van der Waals surface area contributed by atoms with Crippen LogP contribution in [0.2, 0.25) is 0 Å². The number of carbonyl (C=O) groups is 2. The lowest BCUT2D eigenvalue weighted by atomic mass is 9.70. The molecular formula is C23H37NO4. The van der Waals surface area contributed by atoms with Gasteiger partial charge in [0.1, 0.15) is 5.60 Å². The molecule has 3 fully saturated rings. The van der Waals surface area contributed by atoms with Gasteiger partial charge in [-0.1, -0.05) is 27.2 Å². The fourth-order valence-electron chi connectivity index (χ4n) is 5.79. The number of ether oxygens (including phenoxy) is 2. The fraction of sp³-hybridized carbons (Fsp3) is 0.870. The van der Waals surface area contributed by atoms with E-state index >= 15 is 0 Å². The third-order valence-electron chi connectivity index (χ3n) is 7.93. The number of fused-ring (bicyclic) bond motifs is 2. The first-order valence-corrected chi connectivity index (χ1v) is 10.8. The molecule has 0 aromatic carbocycles. The molecule has 0 saturated heterocycles. The molecular weight excluding hydrogens is 354 g/mol. The highest BCUT2D eigenvalue weighted by atomic mass is 16.6. The van der Waals surface area contributed by atoms with Crippen LogP contribution in [0.4, 0.5) is 0 Å². The van der Waals surface area contributed by atoms with Gasteiger partial charge in [-0.2, -0.15) is 0 Å². The van der Waals surface area contributed by atoms with Crippen molar-refractivity contribution in [3.05, 3.63) is 0 Å². The quantitative estimate of drug-likeness (QED) is 0.658. The Morgan fingerprint density at radius 2 is 1.82 bits per heavy atom. The number of methoxy groups -OCH3 is 1. The molecule has 3 rings (SSSR count). The summed E-state index contributed by atoms with van der Waals surface area (Å²) >= 11 is 0. The van der Waals surface area contributed by atoms with Gasteiger partial charge in [0, 0.05) is 17.0 Å². The van der Waals surface area contributed by atoms with E-state index < -0.39 is 11.6 Å². The predicted octanol–water partition coefficient (Wildman–Crippen LogP) is 4.57. The number of carbonyl (C=O) groups excluding carboxylic acids is 2. The highest BCUT2D eigenvalue weighted by Gasteiger charge is 2.60. The van der Waals surface area contributed by atoms with Crippen LogP contribution < -0.4 is 0 Å². The Balaban J connectivity index is 1.96. The second kappa shape index (κ2) is 7.14. The summed E-state index contributed by atoms with van der Waals surface area (Å²) in [6, 6.07) is -0.618. The molecule has 0 heterocycles. The van der Waals surface area contributed by atoms with E-state index in [1.54, 1.807) is 0 Å². The Labute approximate surface area is 169 Å². The summed E-state index contributed by atoms with van der Waals surface area (Å²) < 4.78 is 10.8. The number of nitrogens with zero attached hydrogens (tertiary/aromatic N) is 1. The van der Waals surface area contributed by atoms with Crippen LogP contribution in [0.15, 0.2) is 4.99 Å². The SMILES string of the molecule is COC(=O)C1CCCC1C(N=C1CC2CCC1(C)C2(C)C)C(=O)OC(C)(C)C. The van der Waals surface area contributed by atoms with Crippen molar-refractivity contribution in [2.45, 2.75) is 91.7 Å². The molecule has 158 valence electrons. The van der Waals surface area contributed by atoms with Crippen molar-refractivity contribution < 1.29 is 19.1 Å². The number of rotatable bonds is 4. The van der Waals surface area contributed by atoms with E-state index in [1.165, 1.54) is 13.5 Å². The van der Waals surface area contributed by atoms with E-state index in [0.717, 1.165) is 37.8 Å². The lowest BCUT2D eigenvalue weighted by Gasteiger charge is -2.36. The van der Waals surface area contributed by atoms with Crippen molar-refractivity contribution in [2.75, 3.05) is 7.11 Å². The molecule has 0 aromatic heterocycles. The standard InChI is InChI=1S/C23H37NO4/c1-21(2,3)28-20(26)18(15-9-8-10-16(15)19(25)27-7)24-17-13-14-11-12-23(17,6)22(14,4)5/h14-16,18H,8-13H2,1-7H3. The largest absolute Gasteiger partial charge is 0.469 e. The zero-order chi connectivity index (χ0) is 20.9. The van der Waals surface area contributed by atoms with E-state index in [0.29, 0.717) is 5.92 Å². The number of hydrogen-bond acceptors (Lipinski definition) is 5. The molecule has 0 amide bonds. The summed E-state index contributed by atoms with van der Waals surface area (Å²) in [6.45, 7) is 12.6. The summed E-state index contributed by atoms with van der Waals surface area (Å²) in [7, 11) is 1.42. The Morgan fingerprint density at radius 1 is 1.14 bits per heavy atom. The zero-order valence-electron chi connectivity index (χ0n) is 18.6. The Morgan fingerprint density at radius 3 is 2.32 bits per heavy atom. The van der Waals surface area contributed by atoms with Crippen LogP contribution in [0.5, 0.6) is 0 Å². The summed E-state index contributed by atoms with van der Waals surface area (Å²) in [6.07, 6.45) is 5.79. The monoisotopic (exact) mass is 391 g/mol. The third-order valence-corrected chi connectivity index (χ3v) is 7.93. The molecule has 5 heteroatoms. The minimum absolute atomic E-state index is 0.0251. The van der Waals surface area contributed by atoms with Crippen LogP contribution in [0.25, 0.3) is 0 Å². The summed E-state index contributed by atoms with van der Waals surface area (Å²) in [5, 5.41) is 0. The van der Waals surface area contributed by atoms with E-state index in [1.807, 2.05) is 20.8 Å². The maximum absolute atomic E-state index is 13.2. The van der Waals surface area contributed by atoms with Crippen molar-refractivity contribution in [3.8, 4) is 0 Å². The smallest absolute Gasteiger partial charge is 0.331 e. The van der Waals surface area contributed by atoms with Crippen LogP contribution in [-0.4, -0.2) is 36.4 Å². The van der Waals surface area contributed by atoms with Gasteiger partial charge >= 0.3 is 11.9 Å². The zero-order valence-corrected chi connectivity index (χ0v) is 18.6. The molecule has 0 aromatic rings. The maximum atomic E-state index is 13.2. The van der Waals surface area contributed by atoms with Gasteiger partial charge in [-0.15, -0.1) is 0 Å². The first-order valence-electron chi connectivity index (χ1n) is 10.8. The molecule has 3 aliphatic rings. The molecule has 0 N–H and O–H groups in total. The van der Waals surface area contributed by atoms with Gasteiger partial charge in [0.05, 0.1) is 13.0 Å². The molecule has 2 bridgehead atoms. The highest BCUT2D eigenvalue weighted by molar-refractivity contribution is 5.96. The van der Waals surface area contributed by atoms with Gasteiger partial charge in [0.25, 0.3) is 0 Å². The number of hydrogen-bond donors (Lipinski definition) is 0. The second-order valence-corrected chi connectivity index (χ2v) is 10.8. The highest BCUT2D eigenvalue weighted by Crippen LogP contribution is 2.64. The third kappa shape index (κ3) is 3.50. The van der Waals surface area contributed by atoms with Crippen molar-refractivity contribution in [1.82, 2.24) is 0 Å². The minimum atomic E-state index is -0.618. The van der Waals surface area contributed by atoms with Crippen LogP contribution in [0.1, 0.15) is 80.1 Å². The summed E-state index contributed by atoms with van der Waals surface area (Å²) in [4.78, 5) is 30.6. The maximum Gasteiger partial charge on any atom is 0.331 e. The molecule has 3 aliphatic carbocycles. The van der Waals surface area contributed by atoms with E-state index in [2.05, 4.69) is 20.8 Å². The van der Waals surface area contributed by atoms with Gasteiger partial charge in [0.2, 0.25) is 0 Å². The molecule has 5 atom stereocenters. The molecule has 0 aliphatic heterocycles. The normalized spacial score (nSPS) is 36.5. The lowest BCUT2D eigenvalue weighted by Crippen LogP contribution is -2.41. The molecule has 3 saturated carbocycles. The van der Waals surface area contributed by atoms with Gasteiger partial charge in [-0.05, 0) is 64.2 Å². The fourth-order valence-corrected chi connectivity index (χ4v) is 5.79.